The number of rotatable bonds is 6. The molecule has 0 saturated carbocycles. The molecule has 0 unspecified atom stereocenters. The molecule has 6 heteroatoms. The van der Waals surface area contributed by atoms with Crippen LogP contribution >= 0.6 is 0 Å². The quantitative estimate of drug-likeness (QED) is 0.661. The maximum Gasteiger partial charge on any atom is 0.310 e. The van der Waals surface area contributed by atoms with E-state index in [-0.39, 0.29) is 0 Å². The average molecular weight is 213 g/mol. The van der Waals surface area contributed by atoms with Gasteiger partial charge in [-0.2, -0.15) is 4.98 Å². The monoisotopic (exact) mass is 213 g/mol. The molecule has 0 aliphatic rings. The molecule has 0 aliphatic carbocycles. The van der Waals surface area contributed by atoms with Gasteiger partial charge in [-0.15, -0.1) is 0 Å². The molecule has 1 rings (SSSR count). The van der Waals surface area contributed by atoms with Crippen LogP contribution in [0.3, 0.4) is 0 Å². The number of aromatic nitrogens is 2. The van der Waals surface area contributed by atoms with E-state index in [1.165, 1.54) is 6.33 Å². The zero-order valence-electron chi connectivity index (χ0n) is 8.86. The first-order valence-corrected chi connectivity index (χ1v) is 4.72. The highest BCUT2D eigenvalue weighted by atomic mass is 16.5. The van der Waals surface area contributed by atoms with Gasteiger partial charge in [0.1, 0.15) is 0 Å². The van der Waals surface area contributed by atoms with Gasteiger partial charge in [0.2, 0.25) is 5.89 Å². The van der Waals surface area contributed by atoms with E-state index >= 15 is 0 Å². The lowest BCUT2D eigenvalue weighted by Crippen LogP contribution is -2.36. The predicted molar refractivity (Wildman–Crippen MR) is 52.3 cm³/mol. The summed E-state index contributed by atoms with van der Waals surface area (Å²) in [7, 11) is 0. The van der Waals surface area contributed by atoms with Crippen molar-refractivity contribution in [2.24, 2.45) is 5.41 Å². The van der Waals surface area contributed by atoms with Crippen molar-refractivity contribution in [2.75, 3.05) is 13.1 Å². The van der Waals surface area contributed by atoms with Crippen LogP contribution in [0, 0.1) is 5.41 Å². The zero-order chi connectivity index (χ0) is 11.3. The summed E-state index contributed by atoms with van der Waals surface area (Å²) in [6.45, 7) is 4.39. The Morgan fingerprint density at radius 2 is 2.40 bits per heavy atom. The third-order valence-electron chi connectivity index (χ3n) is 2.07. The van der Waals surface area contributed by atoms with Crippen molar-refractivity contribution in [2.45, 2.75) is 20.3 Å². The van der Waals surface area contributed by atoms with E-state index in [1.807, 2.05) is 0 Å². The number of carbonyl (C=O) groups is 1. The van der Waals surface area contributed by atoms with E-state index in [4.69, 9.17) is 9.63 Å². The fraction of sp³-hybridized carbons (Fsp3) is 0.667. The number of hydrogen-bond donors (Lipinski definition) is 2. The van der Waals surface area contributed by atoms with Crippen LogP contribution in [0.4, 0.5) is 0 Å². The summed E-state index contributed by atoms with van der Waals surface area (Å²) < 4.78 is 4.80. The van der Waals surface area contributed by atoms with Gasteiger partial charge in [-0.05, 0) is 13.8 Å². The predicted octanol–water partition coefficient (Wildman–Crippen LogP) is 0.312. The highest BCUT2D eigenvalue weighted by molar-refractivity contribution is 5.73. The molecule has 15 heavy (non-hydrogen) atoms. The maximum atomic E-state index is 10.8. The SMILES string of the molecule is CC(C)(CNCCc1ncno1)C(=O)O. The van der Waals surface area contributed by atoms with Crippen molar-refractivity contribution in [3.8, 4) is 0 Å². The minimum atomic E-state index is -0.812. The van der Waals surface area contributed by atoms with Crippen LogP contribution in [-0.2, 0) is 11.2 Å². The largest absolute Gasteiger partial charge is 0.481 e. The molecular weight excluding hydrogens is 198 g/mol. The second-order valence-electron chi connectivity index (χ2n) is 3.95. The number of carboxylic acids is 1. The van der Waals surface area contributed by atoms with Gasteiger partial charge in [0.15, 0.2) is 6.33 Å². The van der Waals surface area contributed by atoms with E-state index < -0.39 is 11.4 Å². The van der Waals surface area contributed by atoms with Gasteiger partial charge >= 0.3 is 5.97 Å². The first-order chi connectivity index (χ1) is 7.02. The zero-order valence-corrected chi connectivity index (χ0v) is 8.86. The molecule has 2 N–H and O–H groups in total. The summed E-state index contributed by atoms with van der Waals surface area (Å²) in [6, 6.07) is 0. The molecule has 0 bridgehead atoms. The van der Waals surface area contributed by atoms with Crippen molar-refractivity contribution in [1.82, 2.24) is 15.5 Å². The lowest BCUT2D eigenvalue weighted by molar-refractivity contribution is -0.146. The number of nitrogens with zero attached hydrogens (tertiary/aromatic N) is 2. The topological polar surface area (TPSA) is 88.3 Å². The highest BCUT2D eigenvalue weighted by Crippen LogP contribution is 2.12. The molecule has 84 valence electrons. The Kier molecular flexibility index (Phi) is 3.79. The normalized spacial score (nSPS) is 11.6. The molecule has 0 atom stereocenters. The molecule has 0 spiro atoms. The van der Waals surface area contributed by atoms with Crippen LogP contribution in [0.1, 0.15) is 19.7 Å². The van der Waals surface area contributed by atoms with Crippen LogP contribution in [0.5, 0.6) is 0 Å². The highest BCUT2D eigenvalue weighted by Gasteiger charge is 2.26. The number of carboxylic acid groups (broad SMARTS) is 1. The molecule has 0 aromatic carbocycles. The molecule has 0 amide bonds. The van der Waals surface area contributed by atoms with Gasteiger partial charge in [0.25, 0.3) is 0 Å². The van der Waals surface area contributed by atoms with Gasteiger partial charge in [-0.3, -0.25) is 4.79 Å². The number of nitrogens with one attached hydrogen (secondary N) is 1. The van der Waals surface area contributed by atoms with Crippen molar-refractivity contribution >= 4 is 5.97 Å². The van der Waals surface area contributed by atoms with E-state index in [2.05, 4.69) is 15.5 Å². The Morgan fingerprint density at radius 1 is 1.67 bits per heavy atom. The van der Waals surface area contributed by atoms with Crippen molar-refractivity contribution in [3.05, 3.63) is 12.2 Å². The molecule has 1 heterocycles. The van der Waals surface area contributed by atoms with Crippen LogP contribution < -0.4 is 5.32 Å². The van der Waals surface area contributed by atoms with Crippen LogP contribution in [0.25, 0.3) is 0 Å². The molecule has 1 aromatic heterocycles. The Bertz CT molecular complexity index is 308. The van der Waals surface area contributed by atoms with Gasteiger partial charge in [0.05, 0.1) is 5.41 Å². The summed E-state index contributed by atoms with van der Waals surface area (Å²) in [6.07, 6.45) is 1.95. The van der Waals surface area contributed by atoms with Crippen LogP contribution in [0.15, 0.2) is 10.9 Å². The van der Waals surface area contributed by atoms with E-state index in [0.29, 0.717) is 25.4 Å². The molecule has 0 saturated heterocycles. The fourth-order valence-electron chi connectivity index (χ4n) is 0.978. The first kappa shape index (κ1) is 11.6. The van der Waals surface area contributed by atoms with E-state index in [1.54, 1.807) is 13.8 Å². The Balaban J connectivity index is 2.19. The Labute approximate surface area is 87.7 Å². The lowest BCUT2D eigenvalue weighted by atomic mass is 9.94. The van der Waals surface area contributed by atoms with Crippen LogP contribution in [-0.4, -0.2) is 34.3 Å². The minimum absolute atomic E-state index is 0.413. The summed E-state index contributed by atoms with van der Waals surface area (Å²) in [4.78, 5) is 14.6. The summed E-state index contributed by atoms with van der Waals surface area (Å²) in [5.41, 5.74) is -0.755. The number of hydrogen-bond acceptors (Lipinski definition) is 5. The van der Waals surface area contributed by atoms with Gasteiger partial charge in [0, 0.05) is 19.5 Å². The lowest BCUT2D eigenvalue weighted by Gasteiger charge is -2.19. The second-order valence-corrected chi connectivity index (χ2v) is 3.95. The maximum absolute atomic E-state index is 10.8. The Morgan fingerprint density at radius 3 is 2.93 bits per heavy atom. The van der Waals surface area contributed by atoms with E-state index in [9.17, 15) is 4.79 Å². The van der Waals surface area contributed by atoms with Gasteiger partial charge in [-0.1, -0.05) is 5.16 Å². The fourth-order valence-corrected chi connectivity index (χ4v) is 0.978. The van der Waals surface area contributed by atoms with Crippen molar-refractivity contribution in [1.29, 1.82) is 0 Å². The standard InChI is InChI=1S/C9H15N3O3/c1-9(2,8(13)14)5-10-4-3-7-11-6-12-15-7/h6,10H,3-5H2,1-2H3,(H,13,14). The van der Waals surface area contributed by atoms with Crippen LogP contribution in [0.2, 0.25) is 0 Å². The van der Waals surface area contributed by atoms with Gasteiger partial charge < -0.3 is 14.9 Å². The summed E-state index contributed by atoms with van der Waals surface area (Å²) in [5, 5.41) is 15.4. The molecule has 0 radical (unpaired) electrons. The van der Waals surface area contributed by atoms with E-state index in [0.717, 1.165) is 0 Å². The second kappa shape index (κ2) is 4.88. The summed E-state index contributed by atoms with van der Waals surface area (Å²) >= 11 is 0. The first-order valence-electron chi connectivity index (χ1n) is 4.72. The summed E-state index contributed by atoms with van der Waals surface area (Å²) in [5.74, 6) is -0.261. The molecule has 6 nitrogen and oxygen atoms in total. The van der Waals surface area contributed by atoms with Crippen molar-refractivity contribution in [3.63, 3.8) is 0 Å². The number of aliphatic carboxylic acids is 1. The minimum Gasteiger partial charge on any atom is -0.481 e. The smallest absolute Gasteiger partial charge is 0.310 e. The molecule has 0 aliphatic heterocycles. The third kappa shape index (κ3) is 3.67. The third-order valence-corrected chi connectivity index (χ3v) is 2.07. The average Bonchev–Trinajstić information content (AvgIpc) is 2.64. The van der Waals surface area contributed by atoms with Crippen molar-refractivity contribution < 1.29 is 14.4 Å². The Hall–Kier alpha value is -1.43. The molecule has 0 fully saturated rings. The molecule has 1 aromatic rings. The molecular formula is C9H15N3O3. The van der Waals surface area contributed by atoms with Gasteiger partial charge in [-0.25, -0.2) is 0 Å².